The molecule has 1 saturated heterocycles. The number of rotatable bonds is 7. The lowest BCUT2D eigenvalue weighted by Crippen LogP contribution is -2.39. The van der Waals surface area contributed by atoms with Crippen molar-refractivity contribution in [2.45, 2.75) is 45.3 Å². The first-order chi connectivity index (χ1) is 9.29. The van der Waals surface area contributed by atoms with E-state index in [-0.39, 0.29) is 0 Å². The molecule has 5 nitrogen and oxygen atoms in total. The summed E-state index contributed by atoms with van der Waals surface area (Å²) in [5, 5.41) is 6.74. The molecular formula is C14H27N3O2. The van der Waals surface area contributed by atoms with Crippen molar-refractivity contribution in [3.63, 3.8) is 0 Å². The van der Waals surface area contributed by atoms with Crippen LogP contribution in [0.15, 0.2) is 4.99 Å². The van der Waals surface area contributed by atoms with Crippen LogP contribution in [0.1, 0.15) is 33.1 Å². The van der Waals surface area contributed by atoms with Crippen molar-refractivity contribution >= 4 is 5.96 Å². The Labute approximate surface area is 116 Å². The van der Waals surface area contributed by atoms with E-state index in [9.17, 15) is 0 Å². The van der Waals surface area contributed by atoms with Crippen LogP contribution in [0, 0.1) is 5.92 Å². The van der Waals surface area contributed by atoms with Crippen LogP contribution < -0.4 is 10.6 Å². The Morgan fingerprint density at radius 1 is 1.47 bits per heavy atom. The lowest BCUT2D eigenvalue weighted by molar-refractivity contribution is 0.0424. The minimum Gasteiger partial charge on any atom is -0.379 e. The first kappa shape index (κ1) is 14.6. The number of hydrogen-bond donors (Lipinski definition) is 2. The monoisotopic (exact) mass is 269 g/mol. The molecule has 0 aromatic carbocycles. The highest BCUT2D eigenvalue weighted by atomic mass is 16.5. The molecule has 2 N–H and O–H groups in total. The van der Waals surface area contributed by atoms with Crippen molar-refractivity contribution < 1.29 is 9.47 Å². The molecule has 0 radical (unpaired) electrons. The molecule has 1 aliphatic heterocycles. The fourth-order valence-corrected chi connectivity index (χ4v) is 2.17. The number of aliphatic imine (C=N–C) groups is 1. The van der Waals surface area contributed by atoms with Gasteiger partial charge in [-0.25, -0.2) is 0 Å². The Morgan fingerprint density at radius 2 is 2.32 bits per heavy atom. The van der Waals surface area contributed by atoms with Gasteiger partial charge in [-0.05, 0) is 32.1 Å². The molecule has 1 aliphatic carbocycles. The predicted octanol–water partition coefficient (Wildman–Crippen LogP) is 1.15. The minimum atomic E-state index is 0.308. The summed E-state index contributed by atoms with van der Waals surface area (Å²) < 4.78 is 11.0. The summed E-state index contributed by atoms with van der Waals surface area (Å²) in [5.41, 5.74) is 0. The maximum absolute atomic E-state index is 5.72. The molecule has 2 aliphatic rings. The summed E-state index contributed by atoms with van der Waals surface area (Å²) in [6.45, 7) is 8.45. The summed E-state index contributed by atoms with van der Waals surface area (Å²) in [5.74, 6) is 1.73. The molecule has 1 saturated carbocycles. The zero-order chi connectivity index (χ0) is 13.5. The average molecular weight is 269 g/mol. The minimum absolute atomic E-state index is 0.308. The summed E-state index contributed by atoms with van der Waals surface area (Å²) in [4.78, 5) is 4.58. The molecule has 0 spiro atoms. The molecule has 0 aromatic rings. The van der Waals surface area contributed by atoms with Gasteiger partial charge in [-0.15, -0.1) is 0 Å². The van der Waals surface area contributed by atoms with Crippen molar-refractivity contribution in [3.05, 3.63) is 0 Å². The highest BCUT2D eigenvalue weighted by molar-refractivity contribution is 5.80. The SMILES string of the molecule is CCNC(=NCCCOC1CCOC1)NC1CC1C. The summed E-state index contributed by atoms with van der Waals surface area (Å²) in [6, 6.07) is 0.615. The molecule has 1 heterocycles. The van der Waals surface area contributed by atoms with Gasteiger partial charge in [0.25, 0.3) is 0 Å². The molecule has 0 aromatic heterocycles. The highest BCUT2D eigenvalue weighted by Crippen LogP contribution is 2.28. The van der Waals surface area contributed by atoms with E-state index in [0.717, 1.165) is 57.6 Å². The maximum Gasteiger partial charge on any atom is 0.191 e. The van der Waals surface area contributed by atoms with Gasteiger partial charge >= 0.3 is 0 Å². The van der Waals surface area contributed by atoms with E-state index in [0.29, 0.717) is 12.1 Å². The Bertz CT molecular complexity index is 290. The molecule has 5 heteroatoms. The third kappa shape index (κ3) is 5.37. The van der Waals surface area contributed by atoms with Crippen LogP contribution in [-0.2, 0) is 9.47 Å². The normalized spacial score (nSPS) is 30.4. The first-order valence-corrected chi connectivity index (χ1v) is 7.53. The average Bonchev–Trinajstić information content (AvgIpc) is 2.90. The molecule has 19 heavy (non-hydrogen) atoms. The Hall–Kier alpha value is -0.810. The van der Waals surface area contributed by atoms with Crippen LogP contribution in [0.3, 0.4) is 0 Å². The predicted molar refractivity (Wildman–Crippen MR) is 76.5 cm³/mol. The molecule has 3 unspecified atom stereocenters. The van der Waals surface area contributed by atoms with Crippen molar-refractivity contribution in [3.8, 4) is 0 Å². The summed E-state index contributed by atoms with van der Waals surface area (Å²) >= 11 is 0. The van der Waals surface area contributed by atoms with Gasteiger partial charge in [0, 0.05) is 32.3 Å². The second-order valence-corrected chi connectivity index (χ2v) is 5.43. The number of nitrogens with zero attached hydrogens (tertiary/aromatic N) is 1. The first-order valence-electron chi connectivity index (χ1n) is 7.53. The molecule has 110 valence electrons. The zero-order valence-electron chi connectivity index (χ0n) is 12.2. The standard InChI is InChI=1S/C14H27N3O2/c1-3-15-14(17-13-9-11(13)2)16-6-4-7-19-12-5-8-18-10-12/h11-13H,3-10H2,1-2H3,(H2,15,16,17). The number of hydrogen-bond acceptors (Lipinski definition) is 3. The van der Waals surface area contributed by atoms with Gasteiger partial charge in [-0.1, -0.05) is 6.92 Å². The van der Waals surface area contributed by atoms with E-state index in [1.54, 1.807) is 0 Å². The molecule has 2 rings (SSSR count). The van der Waals surface area contributed by atoms with Crippen LogP contribution in [0.5, 0.6) is 0 Å². The third-order valence-electron chi connectivity index (χ3n) is 3.59. The van der Waals surface area contributed by atoms with Crippen LogP contribution in [-0.4, -0.2) is 51.0 Å². The van der Waals surface area contributed by atoms with E-state index in [4.69, 9.17) is 9.47 Å². The van der Waals surface area contributed by atoms with Crippen molar-refractivity contribution in [1.29, 1.82) is 0 Å². The third-order valence-corrected chi connectivity index (χ3v) is 3.59. The molecule has 0 bridgehead atoms. The summed E-state index contributed by atoms with van der Waals surface area (Å²) in [7, 11) is 0. The van der Waals surface area contributed by atoms with E-state index < -0.39 is 0 Å². The number of ether oxygens (including phenoxy) is 2. The topological polar surface area (TPSA) is 54.9 Å². The maximum atomic E-state index is 5.72. The zero-order valence-corrected chi connectivity index (χ0v) is 12.2. The highest BCUT2D eigenvalue weighted by Gasteiger charge is 2.33. The fraction of sp³-hybridized carbons (Fsp3) is 0.929. The number of nitrogens with one attached hydrogen (secondary N) is 2. The van der Waals surface area contributed by atoms with Gasteiger partial charge in [0.2, 0.25) is 0 Å². The van der Waals surface area contributed by atoms with E-state index in [2.05, 4.69) is 29.5 Å². The van der Waals surface area contributed by atoms with Crippen LogP contribution in [0.2, 0.25) is 0 Å². The Kier molecular flexibility index (Phi) is 5.92. The van der Waals surface area contributed by atoms with Crippen LogP contribution in [0.4, 0.5) is 0 Å². The lowest BCUT2D eigenvalue weighted by atomic mass is 10.3. The van der Waals surface area contributed by atoms with Crippen molar-refractivity contribution in [2.24, 2.45) is 10.9 Å². The Balaban J connectivity index is 1.57. The molecule has 3 atom stereocenters. The van der Waals surface area contributed by atoms with Crippen LogP contribution in [0.25, 0.3) is 0 Å². The molecular weight excluding hydrogens is 242 g/mol. The van der Waals surface area contributed by atoms with Crippen LogP contribution >= 0.6 is 0 Å². The van der Waals surface area contributed by atoms with E-state index in [1.165, 1.54) is 6.42 Å². The fourth-order valence-electron chi connectivity index (χ4n) is 2.17. The van der Waals surface area contributed by atoms with Crippen molar-refractivity contribution in [1.82, 2.24) is 10.6 Å². The largest absolute Gasteiger partial charge is 0.379 e. The van der Waals surface area contributed by atoms with Gasteiger partial charge in [-0.3, -0.25) is 4.99 Å². The number of guanidine groups is 1. The van der Waals surface area contributed by atoms with Gasteiger partial charge < -0.3 is 20.1 Å². The van der Waals surface area contributed by atoms with Gasteiger partial charge in [0.05, 0.1) is 12.7 Å². The lowest BCUT2D eigenvalue weighted by Gasteiger charge is -2.11. The van der Waals surface area contributed by atoms with Gasteiger partial charge in [0.1, 0.15) is 0 Å². The van der Waals surface area contributed by atoms with E-state index in [1.807, 2.05) is 0 Å². The summed E-state index contributed by atoms with van der Waals surface area (Å²) in [6.07, 6.45) is 3.57. The smallest absolute Gasteiger partial charge is 0.191 e. The van der Waals surface area contributed by atoms with Crippen molar-refractivity contribution in [2.75, 3.05) is 32.9 Å². The quantitative estimate of drug-likeness (QED) is 0.413. The molecule has 2 fully saturated rings. The molecule has 0 amide bonds. The Morgan fingerprint density at radius 3 is 2.95 bits per heavy atom. The van der Waals surface area contributed by atoms with Gasteiger partial charge in [0.15, 0.2) is 5.96 Å². The second-order valence-electron chi connectivity index (χ2n) is 5.43. The van der Waals surface area contributed by atoms with Gasteiger partial charge in [-0.2, -0.15) is 0 Å². The van der Waals surface area contributed by atoms with E-state index >= 15 is 0 Å². The second kappa shape index (κ2) is 7.70.